The minimum absolute atomic E-state index is 0.584. The van der Waals surface area contributed by atoms with Gasteiger partial charge in [0.15, 0.2) is 0 Å². The van der Waals surface area contributed by atoms with Crippen LogP contribution in [0.3, 0.4) is 0 Å². The first kappa shape index (κ1) is 14.5. The lowest BCUT2D eigenvalue weighted by molar-refractivity contribution is 0.141. The van der Waals surface area contributed by atoms with Crippen molar-refractivity contribution in [2.75, 3.05) is 46.4 Å². The molecule has 1 aromatic rings. The molecule has 19 heavy (non-hydrogen) atoms. The Morgan fingerprint density at radius 2 is 1.58 bits per heavy atom. The van der Waals surface area contributed by atoms with Crippen LogP contribution in [0.15, 0.2) is 24.3 Å². The predicted molar refractivity (Wildman–Crippen MR) is 77.9 cm³/mol. The minimum atomic E-state index is 0.584. The van der Waals surface area contributed by atoms with Gasteiger partial charge in [0.1, 0.15) is 0 Å². The Morgan fingerprint density at radius 1 is 1.00 bits per heavy atom. The highest BCUT2D eigenvalue weighted by Gasteiger charge is 2.12. The van der Waals surface area contributed by atoms with Crippen LogP contribution in [0.25, 0.3) is 0 Å². The lowest BCUT2D eigenvalue weighted by Crippen LogP contribution is -2.45. The van der Waals surface area contributed by atoms with Gasteiger partial charge in [0.25, 0.3) is 0 Å². The maximum absolute atomic E-state index is 5.04. The summed E-state index contributed by atoms with van der Waals surface area (Å²) in [7, 11) is 2.20. The van der Waals surface area contributed by atoms with E-state index in [2.05, 4.69) is 46.0 Å². The first-order chi connectivity index (χ1) is 9.28. The second kappa shape index (κ2) is 7.60. The van der Waals surface area contributed by atoms with Gasteiger partial charge < -0.3 is 14.6 Å². The Hall–Kier alpha value is -0.940. The van der Waals surface area contributed by atoms with Gasteiger partial charge in [0, 0.05) is 32.7 Å². The van der Waals surface area contributed by atoms with Crippen molar-refractivity contribution in [2.45, 2.75) is 12.8 Å². The molecule has 0 aliphatic carbocycles. The van der Waals surface area contributed by atoms with Crippen LogP contribution >= 0.6 is 0 Å². The van der Waals surface area contributed by atoms with Crippen molar-refractivity contribution < 1.29 is 4.84 Å². The molecule has 0 spiro atoms. The lowest BCUT2D eigenvalue weighted by atomic mass is 10.1. The van der Waals surface area contributed by atoms with Crippen LogP contribution in [0.4, 0.5) is 0 Å². The second-order valence-corrected chi connectivity index (χ2v) is 5.33. The smallest absolute Gasteiger partial charge is 0.0719 e. The molecule has 0 unspecified atom stereocenters. The Morgan fingerprint density at radius 3 is 2.16 bits per heavy atom. The van der Waals surface area contributed by atoms with E-state index in [1.807, 2.05) is 0 Å². The fraction of sp³-hybridized carbons (Fsp3) is 0.600. The van der Waals surface area contributed by atoms with E-state index in [0.717, 1.165) is 12.8 Å². The van der Waals surface area contributed by atoms with E-state index in [9.17, 15) is 0 Å². The zero-order valence-corrected chi connectivity index (χ0v) is 11.8. The predicted octanol–water partition coefficient (Wildman–Crippen LogP) is 0.909. The average molecular weight is 263 g/mol. The van der Waals surface area contributed by atoms with Gasteiger partial charge in [0.05, 0.1) is 6.61 Å². The van der Waals surface area contributed by atoms with Crippen molar-refractivity contribution in [3.8, 4) is 0 Å². The minimum Gasteiger partial charge on any atom is -0.304 e. The Balaban J connectivity index is 1.73. The molecule has 1 fully saturated rings. The zero-order chi connectivity index (χ0) is 13.5. The maximum atomic E-state index is 5.04. The van der Waals surface area contributed by atoms with Crippen LogP contribution < -0.4 is 5.90 Å². The van der Waals surface area contributed by atoms with Crippen molar-refractivity contribution in [3.05, 3.63) is 35.4 Å². The molecule has 0 saturated carbocycles. The van der Waals surface area contributed by atoms with E-state index in [0.29, 0.717) is 6.61 Å². The number of nitrogens with zero attached hydrogens (tertiary/aromatic N) is 2. The first-order valence-corrected chi connectivity index (χ1v) is 7.08. The van der Waals surface area contributed by atoms with Gasteiger partial charge in [-0.25, -0.2) is 5.90 Å². The molecule has 0 bridgehead atoms. The van der Waals surface area contributed by atoms with Crippen LogP contribution in [0, 0.1) is 0 Å². The average Bonchev–Trinajstić information content (AvgIpc) is 2.46. The Labute approximate surface area is 116 Å². The number of nitrogens with two attached hydrogens (primary N) is 1. The normalized spacial score (nSPS) is 17.8. The van der Waals surface area contributed by atoms with Gasteiger partial charge >= 0.3 is 0 Å². The monoisotopic (exact) mass is 263 g/mol. The summed E-state index contributed by atoms with van der Waals surface area (Å²) in [6.45, 7) is 6.53. The molecule has 1 aliphatic rings. The highest BCUT2D eigenvalue weighted by molar-refractivity contribution is 5.23. The maximum Gasteiger partial charge on any atom is 0.0719 e. The van der Waals surface area contributed by atoms with Gasteiger partial charge in [-0.05, 0) is 31.0 Å². The van der Waals surface area contributed by atoms with Gasteiger partial charge in [-0.15, -0.1) is 0 Å². The van der Waals surface area contributed by atoms with E-state index >= 15 is 0 Å². The van der Waals surface area contributed by atoms with Crippen LogP contribution in [0.2, 0.25) is 0 Å². The number of hydrogen-bond acceptors (Lipinski definition) is 4. The molecule has 1 saturated heterocycles. The fourth-order valence-electron chi connectivity index (χ4n) is 2.41. The van der Waals surface area contributed by atoms with Gasteiger partial charge in [-0.1, -0.05) is 24.3 Å². The molecule has 0 atom stereocenters. The third-order valence-corrected chi connectivity index (χ3v) is 3.84. The Kier molecular flexibility index (Phi) is 5.79. The standard InChI is InChI=1S/C15H25N3O/c1-17-9-11-18(12-10-17)8-6-14-2-4-15(5-3-14)7-13-19-16/h2-5H,6-13,16H2,1H3. The summed E-state index contributed by atoms with van der Waals surface area (Å²) in [6, 6.07) is 8.81. The van der Waals surface area contributed by atoms with Gasteiger partial charge in [0.2, 0.25) is 0 Å². The highest BCUT2D eigenvalue weighted by Crippen LogP contribution is 2.08. The van der Waals surface area contributed by atoms with Crippen molar-refractivity contribution in [1.82, 2.24) is 9.80 Å². The Bertz CT molecular complexity index is 358. The largest absolute Gasteiger partial charge is 0.304 e. The van der Waals surface area contributed by atoms with Crippen LogP contribution in [-0.2, 0) is 17.7 Å². The van der Waals surface area contributed by atoms with E-state index < -0.39 is 0 Å². The third-order valence-electron chi connectivity index (χ3n) is 3.84. The highest BCUT2D eigenvalue weighted by atomic mass is 16.6. The van der Waals surface area contributed by atoms with E-state index in [1.165, 1.54) is 43.9 Å². The molecular formula is C15H25N3O. The third kappa shape index (κ3) is 4.91. The van der Waals surface area contributed by atoms with Crippen molar-refractivity contribution in [2.24, 2.45) is 5.90 Å². The molecule has 1 aromatic carbocycles. The molecule has 2 N–H and O–H groups in total. The molecule has 0 amide bonds. The summed E-state index contributed by atoms with van der Waals surface area (Å²) in [4.78, 5) is 9.55. The molecule has 0 radical (unpaired) electrons. The quantitative estimate of drug-likeness (QED) is 0.775. The van der Waals surface area contributed by atoms with Crippen molar-refractivity contribution in [1.29, 1.82) is 0 Å². The van der Waals surface area contributed by atoms with E-state index in [-0.39, 0.29) is 0 Å². The summed E-state index contributed by atoms with van der Waals surface area (Å²) in [5.74, 6) is 5.04. The number of hydrogen-bond donors (Lipinski definition) is 1. The van der Waals surface area contributed by atoms with Gasteiger partial charge in [-0.3, -0.25) is 0 Å². The zero-order valence-electron chi connectivity index (χ0n) is 11.8. The fourth-order valence-corrected chi connectivity index (χ4v) is 2.41. The number of likely N-dealkylation sites (N-methyl/N-ethyl adjacent to an activating group) is 1. The number of benzene rings is 1. The van der Waals surface area contributed by atoms with E-state index in [1.54, 1.807) is 0 Å². The lowest BCUT2D eigenvalue weighted by Gasteiger charge is -2.32. The summed E-state index contributed by atoms with van der Waals surface area (Å²) in [5.41, 5.74) is 2.70. The topological polar surface area (TPSA) is 41.7 Å². The SMILES string of the molecule is CN1CCN(CCc2ccc(CCON)cc2)CC1. The molecular weight excluding hydrogens is 238 g/mol. The van der Waals surface area contributed by atoms with Crippen LogP contribution in [0.1, 0.15) is 11.1 Å². The molecule has 4 heteroatoms. The van der Waals surface area contributed by atoms with Crippen molar-refractivity contribution in [3.63, 3.8) is 0 Å². The second-order valence-electron chi connectivity index (χ2n) is 5.33. The summed E-state index contributed by atoms with van der Waals surface area (Å²) in [6.07, 6.45) is 2.02. The van der Waals surface area contributed by atoms with Crippen LogP contribution in [-0.4, -0.2) is 56.2 Å². The summed E-state index contributed by atoms with van der Waals surface area (Å²) < 4.78 is 0. The number of piperazine rings is 1. The molecule has 1 heterocycles. The summed E-state index contributed by atoms with van der Waals surface area (Å²) in [5, 5.41) is 0. The molecule has 0 aromatic heterocycles. The van der Waals surface area contributed by atoms with Crippen LogP contribution in [0.5, 0.6) is 0 Å². The molecule has 106 valence electrons. The first-order valence-electron chi connectivity index (χ1n) is 7.08. The van der Waals surface area contributed by atoms with E-state index in [4.69, 9.17) is 5.90 Å². The van der Waals surface area contributed by atoms with Gasteiger partial charge in [-0.2, -0.15) is 0 Å². The molecule has 4 nitrogen and oxygen atoms in total. The summed E-state index contributed by atoms with van der Waals surface area (Å²) >= 11 is 0. The number of rotatable bonds is 6. The molecule has 1 aliphatic heterocycles. The van der Waals surface area contributed by atoms with Crippen molar-refractivity contribution >= 4 is 0 Å². The molecule has 2 rings (SSSR count).